The van der Waals surface area contributed by atoms with Crippen LogP contribution in [-0.2, 0) is 16.8 Å². The lowest BCUT2D eigenvalue weighted by molar-refractivity contribution is 0.194. The Kier molecular flexibility index (Phi) is 3.71. The maximum absolute atomic E-state index is 13.0. The number of nitrogens with zero attached hydrogens (tertiary/aromatic N) is 6. The predicted octanol–water partition coefficient (Wildman–Crippen LogP) is 0.0243. The summed E-state index contributed by atoms with van der Waals surface area (Å²) in [5.74, 6) is 2.17. The molecule has 3 aliphatic rings. The van der Waals surface area contributed by atoms with Crippen molar-refractivity contribution < 1.29 is 8.42 Å². The largest absolute Gasteiger partial charge is 0.304 e. The molecule has 0 radical (unpaired) electrons. The molecule has 0 N–H and O–H groups in total. The summed E-state index contributed by atoms with van der Waals surface area (Å²) in [7, 11) is -1.41. The first-order valence-electron chi connectivity index (χ1n) is 8.37. The first-order chi connectivity index (χ1) is 11.0. The van der Waals surface area contributed by atoms with Crippen LogP contribution in [0, 0.1) is 0 Å². The second-order valence-electron chi connectivity index (χ2n) is 6.82. The average molecular weight is 340 g/mol. The summed E-state index contributed by atoms with van der Waals surface area (Å²) >= 11 is 0. The molecule has 1 aromatic rings. The topological polar surface area (TPSA) is 74.6 Å². The molecule has 128 valence electrons. The molecule has 0 unspecified atom stereocenters. The van der Waals surface area contributed by atoms with Crippen LogP contribution in [-0.4, -0.2) is 76.5 Å². The van der Waals surface area contributed by atoms with E-state index in [1.807, 2.05) is 18.7 Å². The van der Waals surface area contributed by atoms with Crippen molar-refractivity contribution in [1.82, 2.24) is 28.3 Å². The van der Waals surface area contributed by atoms with E-state index >= 15 is 0 Å². The molecule has 9 heteroatoms. The van der Waals surface area contributed by atoms with Gasteiger partial charge in [-0.25, -0.2) is 9.67 Å². The maximum Gasteiger partial charge on any atom is 0.282 e. The standard InChI is InChI=1S/C14H24N6O2S/c1-11-14-15-13(12-3-4-12)16-19(14)9-10-20(11)23(21,22)18-7-5-17(2)6-8-18/h11-12H,3-10H2,1-2H3/t11-/m1/s1. The minimum Gasteiger partial charge on any atom is -0.304 e. The van der Waals surface area contributed by atoms with Gasteiger partial charge in [-0.05, 0) is 26.8 Å². The molecule has 0 bridgehead atoms. The molecule has 2 fully saturated rings. The highest BCUT2D eigenvalue weighted by Gasteiger charge is 2.40. The minimum atomic E-state index is -3.44. The Balaban J connectivity index is 1.57. The molecule has 4 rings (SSSR count). The van der Waals surface area contributed by atoms with Crippen molar-refractivity contribution in [2.75, 3.05) is 39.8 Å². The summed E-state index contributed by atoms with van der Waals surface area (Å²) in [5.41, 5.74) is 0. The average Bonchev–Trinajstić information content (AvgIpc) is 3.27. The first kappa shape index (κ1) is 15.5. The Morgan fingerprint density at radius 2 is 1.74 bits per heavy atom. The van der Waals surface area contributed by atoms with E-state index < -0.39 is 10.2 Å². The van der Waals surface area contributed by atoms with E-state index in [1.165, 1.54) is 0 Å². The number of rotatable bonds is 3. The molecule has 2 aliphatic heterocycles. The third kappa shape index (κ3) is 2.69. The molecule has 3 heterocycles. The second kappa shape index (κ2) is 5.51. The summed E-state index contributed by atoms with van der Waals surface area (Å²) in [6.07, 6.45) is 2.31. The maximum atomic E-state index is 13.0. The molecule has 0 spiro atoms. The van der Waals surface area contributed by atoms with E-state index in [4.69, 9.17) is 0 Å². The Hall–Kier alpha value is -1.03. The number of piperazine rings is 1. The fourth-order valence-corrected chi connectivity index (χ4v) is 5.09. The lowest BCUT2D eigenvalue weighted by atomic mass is 10.2. The van der Waals surface area contributed by atoms with E-state index in [-0.39, 0.29) is 6.04 Å². The third-order valence-corrected chi connectivity index (χ3v) is 7.19. The van der Waals surface area contributed by atoms with Gasteiger partial charge in [-0.15, -0.1) is 0 Å². The van der Waals surface area contributed by atoms with E-state index in [0.717, 1.165) is 37.6 Å². The molecule has 1 aromatic heterocycles. The van der Waals surface area contributed by atoms with Crippen LogP contribution in [0.5, 0.6) is 0 Å². The Morgan fingerprint density at radius 1 is 1.04 bits per heavy atom. The van der Waals surface area contributed by atoms with Crippen molar-refractivity contribution in [1.29, 1.82) is 0 Å². The van der Waals surface area contributed by atoms with Gasteiger partial charge in [-0.2, -0.15) is 22.1 Å². The minimum absolute atomic E-state index is 0.256. The highest BCUT2D eigenvalue weighted by Crippen LogP contribution is 2.39. The van der Waals surface area contributed by atoms with E-state index in [2.05, 4.69) is 15.0 Å². The SMILES string of the molecule is C[C@@H]1c2nc(C3CC3)nn2CCN1S(=O)(=O)N1CCN(C)CC1. The van der Waals surface area contributed by atoms with Crippen molar-refractivity contribution >= 4 is 10.2 Å². The third-order valence-electron chi connectivity index (χ3n) is 5.08. The smallest absolute Gasteiger partial charge is 0.282 e. The molecule has 1 saturated carbocycles. The summed E-state index contributed by atoms with van der Waals surface area (Å²) in [6.45, 7) is 5.66. The van der Waals surface area contributed by atoms with Crippen molar-refractivity contribution in [2.24, 2.45) is 0 Å². The second-order valence-corrected chi connectivity index (χ2v) is 8.70. The summed E-state index contributed by atoms with van der Waals surface area (Å²) in [6, 6.07) is -0.256. The molecular weight excluding hydrogens is 316 g/mol. The van der Waals surface area contributed by atoms with Crippen LogP contribution in [0.4, 0.5) is 0 Å². The summed E-state index contributed by atoms with van der Waals surface area (Å²) in [5, 5.41) is 4.57. The van der Waals surface area contributed by atoms with E-state index in [9.17, 15) is 8.42 Å². The molecule has 1 aliphatic carbocycles. The lowest BCUT2D eigenvalue weighted by Crippen LogP contribution is -2.54. The number of aromatic nitrogens is 3. The first-order valence-corrected chi connectivity index (χ1v) is 9.76. The normalized spacial score (nSPS) is 28.0. The van der Waals surface area contributed by atoms with Crippen LogP contribution in [0.3, 0.4) is 0 Å². The zero-order valence-corrected chi connectivity index (χ0v) is 14.5. The van der Waals surface area contributed by atoms with Gasteiger partial charge in [0.05, 0.1) is 12.6 Å². The van der Waals surface area contributed by atoms with Crippen LogP contribution in [0.2, 0.25) is 0 Å². The lowest BCUT2D eigenvalue weighted by Gasteiger charge is -2.38. The fraction of sp³-hybridized carbons (Fsp3) is 0.857. The van der Waals surface area contributed by atoms with Crippen LogP contribution in [0.25, 0.3) is 0 Å². The Bertz CT molecular complexity index is 690. The summed E-state index contributed by atoms with van der Waals surface area (Å²) in [4.78, 5) is 6.79. The van der Waals surface area contributed by atoms with Gasteiger partial charge in [-0.1, -0.05) is 0 Å². The highest BCUT2D eigenvalue weighted by atomic mass is 32.2. The number of fused-ring (bicyclic) bond motifs is 1. The van der Waals surface area contributed by atoms with Gasteiger partial charge in [0.1, 0.15) is 5.82 Å². The number of likely N-dealkylation sites (N-methyl/N-ethyl adjacent to an activating group) is 1. The van der Waals surface area contributed by atoms with Crippen molar-refractivity contribution in [2.45, 2.75) is 38.3 Å². The molecule has 1 atom stereocenters. The molecule has 23 heavy (non-hydrogen) atoms. The molecular formula is C14H24N6O2S. The molecule has 0 aromatic carbocycles. The van der Waals surface area contributed by atoms with Gasteiger partial charge in [0.15, 0.2) is 5.82 Å². The van der Waals surface area contributed by atoms with Crippen LogP contribution in [0.1, 0.15) is 43.4 Å². The van der Waals surface area contributed by atoms with Crippen molar-refractivity contribution in [3.05, 3.63) is 11.6 Å². The van der Waals surface area contributed by atoms with E-state index in [0.29, 0.717) is 32.1 Å². The van der Waals surface area contributed by atoms with Crippen molar-refractivity contribution in [3.63, 3.8) is 0 Å². The monoisotopic (exact) mass is 340 g/mol. The summed E-state index contributed by atoms with van der Waals surface area (Å²) < 4.78 is 31.1. The number of hydrogen-bond donors (Lipinski definition) is 0. The van der Waals surface area contributed by atoms with Crippen LogP contribution >= 0.6 is 0 Å². The fourth-order valence-electron chi connectivity index (χ4n) is 3.36. The van der Waals surface area contributed by atoms with E-state index in [1.54, 1.807) is 8.61 Å². The van der Waals surface area contributed by atoms with Crippen LogP contribution < -0.4 is 0 Å². The van der Waals surface area contributed by atoms with Gasteiger partial charge >= 0.3 is 0 Å². The van der Waals surface area contributed by atoms with Gasteiger partial charge in [0.25, 0.3) is 10.2 Å². The predicted molar refractivity (Wildman–Crippen MR) is 85.1 cm³/mol. The van der Waals surface area contributed by atoms with Gasteiger partial charge in [-0.3, -0.25) is 0 Å². The van der Waals surface area contributed by atoms with Crippen LogP contribution in [0.15, 0.2) is 0 Å². The zero-order valence-electron chi connectivity index (χ0n) is 13.7. The molecule has 1 saturated heterocycles. The zero-order chi connectivity index (χ0) is 16.2. The highest BCUT2D eigenvalue weighted by molar-refractivity contribution is 7.86. The Morgan fingerprint density at radius 3 is 2.39 bits per heavy atom. The molecule has 8 nitrogen and oxygen atoms in total. The van der Waals surface area contributed by atoms with Crippen molar-refractivity contribution in [3.8, 4) is 0 Å². The Labute approximate surface area is 137 Å². The molecule has 0 amide bonds. The quantitative estimate of drug-likeness (QED) is 0.776. The van der Waals surface area contributed by atoms with Gasteiger partial charge < -0.3 is 4.90 Å². The van der Waals surface area contributed by atoms with Gasteiger partial charge in [0, 0.05) is 38.6 Å². The number of hydrogen-bond acceptors (Lipinski definition) is 5. The van der Waals surface area contributed by atoms with Gasteiger partial charge in [0.2, 0.25) is 0 Å².